The van der Waals surface area contributed by atoms with E-state index in [1.807, 2.05) is 24.3 Å². The summed E-state index contributed by atoms with van der Waals surface area (Å²) >= 11 is 6.16. The molecule has 2 saturated heterocycles. The maximum Gasteiger partial charge on any atom is 0.255 e. The molecule has 158 valence electrons. The molecule has 7 heteroatoms. The summed E-state index contributed by atoms with van der Waals surface area (Å²) in [4.78, 5) is 31.4. The van der Waals surface area contributed by atoms with Crippen LogP contribution in [0, 0.1) is 11.8 Å². The average Bonchev–Trinajstić information content (AvgIpc) is 3.21. The molecule has 2 atom stereocenters. The van der Waals surface area contributed by atoms with Crippen LogP contribution in [0.5, 0.6) is 0 Å². The van der Waals surface area contributed by atoms with Crippen LogP contribution in [-0.2, 0) is 16.0 Å². The van der Waals surface area contributed by atoms with Gasteiger partial charge in [-0.25, -0.2) is 0 Å². The van der Waals surface area contributed by atoms with E-state index in [4.69, 9.17) is 16.3 Å². The Morgan fingerprint density at radius 2 is 1.83 bits per heavy atom. The smallest absolute Gasteiger partial charge is 0.255 e. The Bertz CT molecular complexity index is 884. The maximum absolute atomic E-state index is 12.9. The second kappa shape index (κ2) is 9.58. The number of halogens is 1. The lowest BCUT2D eigenvalue weighted by atomic mass is 9.92. The van der Waals surface area contributed by atoms with Crippen molar-refractivity contribution < 1.29 is 14.3 Å². The van der Waals surface area contributed by atoms with E-state index in [-0.39, 0.29) is 29.7 Å². The van der Waals surface area contributed by atoms with E-state index in [0.29, 0.717) is 49.7 Å². The fraction of sp³-hybridized carbons (Fsp3) is 0.435. The predicted molar refractivity (Wildman–Crippen MR) is 114 cm³/mol. The highest BCUT2D eigenvalue weighted by atomic mass is 35.5. The molecule has 0 aliphatic carbocycles. The van der Waals surface area contributed by atoms with Gasteiger partial charge < -0.3 is 15.0 Å². The van der Waals surface area contributed by atoms with Crippen molar-refractivity contribution in [3.05, 3.63) is 64.9 Å². The van der Waals surface area contributed by atoms with Crippen LogP contribution in [0.1, 0.15) is 28.8 Å². The molecule has 1 aromatic carbocycles. The van der Waals surface area contributed by atoms with Crippen molar-refractivity contribution in [1.82, 2.24) is 15.2 Å². The second-order valence-electron chi connectivity index (χ2n) is 8.02. The first-order chi connectivity index (χ1) is 14.6. The lowest BCUT2D eigenvalue weighted by molar-refractivity contribution is -0.127. The van der Waals surface area contributed by atoms with Crippen LogP contribution in [-0.4, -0.2) is 54.0 Å². The van der Waals surface area contributed by atoms with Gasteiger partial charge in [-0.1, -0.05) is 23.7 Å². The number of piperidine rings is 1. The normalized spacial score (nSPS) is 22.1. The fourth-order valence-corrected chi connectivity index (χ4v) is 4.45. The highest BCUT2D eigenvalue weighted by molar-refractivity contribution is 6.33. The van der Waals surface area contributed by atoms with Gasteiger partial charge in [-0.2, -0.15) is 0 Å². The Labute approximate surface area is 181 Å². The van der Waals surface area contributed by atoms with Gasteiger partial charge in [0.2, 0.25) is 5.91 Å². The zero-order chi connectivity index (χ0) is 20.9. The molecule has 1 N–H and O–H groups in total. The lowest BCUT2D eigenvalue weighted by Crippen LogP contribution is -2.47. The van der Waals surface area contributed by atoms with Crippen molar-refractivity contribution in [3.8, 4) is 0 Å². The van der Waals surface area contributed by atoms with Gasteiger partial charge in [0.05, 0.1) is 29.8 Å². The van der Waals surface area contributed by atoms with E-state index in [9.17, 15) is 9.59 Å². The van der Waals surface area contributed by atoms with Gasteiger partial charge in [0, 0.05) is 37.3 Å². The average molecular weight is 428 g/mol. The van der Waals surface area contributed by atoms with Gasteiger partial charge in [0.1, 0.15) is 0 Å². The van der Waals surface area contributed by atoms with E-state index in [1.54, 1.807) is 29.4 Å². The highest BCUT2D eigenvalue weighted by Crippen LogP contribution is 2.24. The molecule has 0 saturated carbocycles. The predicted octanol–water partition coefficient (Wildman–Crippen LogP) is 2.96. The molecule has 3 heterocycles. The maximum atomic E-state index is 12.9. The van der Waals surface area contributed by atoms with E-state index in [2.05, 4.69) is 10.3 Å². The number of carbonyl (C=O) groups excluding carboxylic acids is 2. The number of benzene rings is 1. The lowest BCUT2D eigenvalue weighted by Gasteiger charge is -2.32. The van der Waals surface area contributed by atoms with Crippen molar-refractivity contribution >= 4 is 23.4 Å². The molecule has 6 nitrogen and oxygen atoms in total. The van der Waals surface area contributed by atoms with E-state index < -0.39 is 0 Å². The molecule has 2 aliphatic heterocycles. The Morgan fingerprint density at radius 3 is 2.57 bits per heavy atom. The third-order valence-corrected chi connectivity index (χ3v) is 6.36. The van der Waals surface area contributed by atoms with Crippen LogP contribution in [0.25, 0.3) is 0 Å². The number of hydrogen-bond acceptors (Lipinski definition) is 4. The van der Waals surface area contributed by atoms with Crippen LogP contribution < -0.4 is 5.32 Å². The molecule has 0 bridgehead atoms. The Hall–Kier alpha value is -2.44. The molecular weight excluding hydrogens is 402 g/mol. The van der Waals surface area contributed by atoms with Crippen molar-refractivity contribution in [2.24, 2.45) is 11.8 Å². The van der Waals surface area contributed by atoms with E-state index in [0.717, 1.165) is 6.42 Å². The summed E-state index contributed by atoms with van der Waals surface area (Å²) in [5.74, 6) is 0.178. The quantitative estimate of drug-likeness (QED) is 0.796. The van der Waals surface area contributed by atoms with Crippen LogP contribution in [0.4, 0.5) is 0 Å². The van der Waals surface area contributed by atoms with Gasteiger partial charge >= 0.3 is 0 Å². The van der Waals surface area contributed by atoms with Crippen LogP contribution in [0.2, 0.25) is 5.02 Å². The molecule has 2 aromatic rings. The molecule has 2 fully saturated rings. The van der Waals surface area contributed by atoms with Crippen LogP contribution in [0.3, 0.4) is 0 Å². The molecule has 0 spiro atoms. The second-order valence-corrected chi connectivity index (χ2v) is 8.43. The molecule has 2 amide bonds. The van der Waals surface area contributed by atoms with Crippen LogP contribution >= 0.6 is 11.6 Å². The molecule has 30 heavy (non-hydrogen) atoms. The summed E-state index contributed by atoms with van der Waals surface area (Å²) in [5.41, 5.74) is 1.72. The van der Waals surface area contributed by atoms with Gasteiger partial charge in [-0.3, -0.25) is 14.6 Å². The number of aromatic nitrogens is 1. The number of nitrogens with one attached hydrogen (secondary N) is 1. The minimum absolute atomic E-state index is 0.0217. The number of ether oxygens (including phenoxy) is 1. The molecule has 0 unspecified atom stereocenters. The zero-order valence-corrected chi connectivity index (χ0v) is 17.6. The first-order valence-corrected chi connectivity index (χ1v) is 10.8. The first kappa shape index (κ1) is 20.8. The largest absolute Gasteiger partial charge is 0.379 e. The molecule has 1 aromatic heterocycles. The Morgan fingerprint density at radius 1 is 1.10 bits per heavy atom. The Balaban J connectivity index is 1.29. The summed E-state index contributed by atoms with van der Waals surface area (Å²) in [6.07, 6.45) is 5.75. The van der Waals surface area contributed by atoms with Crippen molar-refractivity contribution in [2.45, 2.75) is 25.3 Å². The number of rotatable bonds is 5. The summed E-state index contributed by atoms with van der Waals surface area (Å²) in [6.45, 7) is 2.32. The standard InChI is InChI=1S/C23H26ClN3O3/c24-20-4-2-1-3-19(20)23(29)27-11-7-17(8-12-27)22(28)26-21-15-30-14-18(21)13-16-5-9-25-10-6-16/h1-6,9-10,17-18,21H,7-8,11-15H2,(H,26,28)/t18-,21+/m1/s1. The minimum Gasteiger partial charge on any atom is -0.379 e. The number of nitrogens with zero attached hydrogens (tertiary/aromatic N) is 2. The highest BCUT2D eigenvalue weighted by Gasteiger charge is 2.33. The molecule has 2 aliphatic rings. The zero-order valence-electron chi connectivity index (χ0n) is 16.8. The number of carbonyl (C=O) groups is 2. The number of pyridine rings is 1. The fourth-order valence-electron chi connectivity index (χ4n) is 4.23. The number of amides is 2. The van der Waals surface area contributed by atoms with Gasteiger partial charge in [-0.15, -0.1) is 0 Å². The van der Waals surface area contributed by atoms with Gasteiger partial charge in [0.25, 0.3) is 5.91 Å². The van der Waals surface area contributed by atoms with Crippen molar-refractivity contribution in [2.75, 3.05) is 26.3 Å². The summed E-state index contributed by atoms with van der Waals surface area (Å²) in [6, 6.07) is 11.1. The molecular formula is C23H26ClN3O3. The SMILES string of the molecule is O=C(N[C@H]1COC[C@H]1Cc1ccncc1)C1CCN(C(=O)c2ccccc2Cl)CC1. The van der Waals surface area contributed by atoms with E-state index in [1.165, 1.54) is 5.56 Å². The summed E-state index contributed by atoms with van der Waals surface area (Å²) in [7, 11) is 0. The first-order valence-electron chi connectivity index (χ1n) is 10.4. The molecule has 0 radical (unpaired) electrons. The third-order valence-electron chi connectivity index (χ3n) is 6.03. The number of likely N-dealkylation sites (tertiary alicyclic amines) is 1. The topological polar surface area (TPSA) is 71.5 Å². The van der Waals surface area contributed by atoms with Crippen molar-refractivity contribution in [1.29, 1.82) is 0 Å². The Kier molecular flexibility index (Phi) is 6.65. The molecule has 4 rings (SSSR count). The van der Waals surface area contributed by atoms with E-state index >= 15 is 0 Å². The van der Waals surface area contributed by atoms with Gasteiger partial charge in [-0.05, 0) is 49.1 Å². The number of hydrogen-bond donors (Lipinski definition) is 1. The van der Waals surface area contributed by atoms with Gasteiger partial charge in [0.15, 0.2) is 0 Å². The summed E-state index contributed by atoms with van der Waals surface area (Å²) < 4.78 is 5.64. The monoisotopic (exact) mass is 427 g/mol. The van der Waals surface area contributed by atoms with Crippen LogP contribution in [0.15, 0.2) is 48.8 Å². The third kappa shape index (κ3) is 4.82. The minimum atomic E-state index is -0.0810. The van der Waals surface area contributed by atoms with Crippen molar-refractivity contribution in [3.63, 3.8) is 0 Å². The summed E-state index contributed by atoms with van der Waals surface area (Å²) in [5, 5.41) is 3.66.